The second-order valence-corrected chi connectivity index (χ2v) is 5.31. The number of Topliss-reactive ketones (excluding diaryl/α,β-unsaturated/α-hetero) is 1. The molecule has 0 fully saturated rings. The largest absolute Gasteiger partial charge is 0.334 e. The number of aryl methyl sites for hydroxylation is 1. The van der Waals surface area contributed by atoms with Crippen LogP contribution >= 0.6 is 0 Å². The molecule has 1 aromatic carbocycles. The van der Waals surface area contributed by atoms with Crippen molar-refractivity contribution in [3.8, 4) is 0 Å². The van der Waals surface area contributed by atoms with Crippen LogP contribution in [-0.2, 0) is 7.05 Å². The normalized spacial score (nSPS) is 12.0. The molecule has 2 rings (SSSR count). The molecule has 0 amide bonds. The molecule has 0 bridgehead atoms. The Hall–Kier alpha value is -1.68. The molecule has 0 aliphatic heterocycles. The highest BCUT2D eigenvalue weighted by Gasteiger charge is 2.27. The SMILES string of the molecule is Cn1cnc2cc(C(=O)C(C)(C)CCN)ccc21. The van der Waals surface area contributed by atoms with E-state index in [1.165, 1.54) is 0 Å². The predicted octanol–water partition coefficient (Wildman–Crippen LogP) is 2.13. The molecule has 0 radical (unpaired) electrons. The minimum absolute atomic E-state index is 0.125. The van der Waals surface area contributed by atoms with Crippen molar-refractivity contribution in [2.75, 3.05) is 6.54 Å². The Morgan fingerprint density at radius 3 is 2.83 bits per heavy atom. The summed E-state index contributed by atoms with van der Waals surface area (Å²) in [7, 11) is 1.94. The fourth-order valence-corrected chi connectivity index (χ4v) is 2.14. The second-order valence-electron chi connectivity index (χ2n) is 5.31. The van der Waals surface area contributed by atoms with Crippen LogP contribution in [-0.4, -0.2) is 21.9 Å². The number of fused-ring (bicyclic) bond motifs is 1. The Labute approximate surface area is 107 Å². The highest BCUT2D eigenvalue weighted by Crippen LogP contribution is 2.26. The van der Waals surface area contributed by atoms with Gasteiger partial charge in [0, 0.05) is 18.0 Å². The van der Waals surface area contributed by atoms with Crippen LogP contribution < -0.4 is 5.73 Å². The van der Waals surface area contributed by atoms with Crippen molar-refractivity contribution in [1.82, 2.24) is 9.55 Å². The second kappa shape index (κ2) is 4.53. The summed E-state index contributed by atoms with van der Waals surface area (Å²) in [6.07, 6.45) is 2.44. The summed E-state index contributed by atoms with van der Waals surface area (Å²) >= 11 is 0. The van der Waals surface area contributed by atoms with E-state index < -0.39 is 5.41 Å². The van der Waals surface area contributed by atoms with Gasteiger partial charge in [0.25, 0.3) is 0 Å². The Morgan fingerprint density at radius 1 is 1.44 bits per heavy atom. The van der Waals surface area contributed by atoms with E-state index in [9.17, 15) is 4.79 Å². The van der Waals surface area contributed by atoms with Crippen molar-refractivity contribution in [1.29, 1.82) is 0 Å². The van der Waals surface area contributed by atoms with Crippen LogP contribution in [0.3, 0.4) is 0 Å². The third-order valence-corrected chi connectivity index (χ3v) is 3.37. The van der Waals surface area contributed by atoms with Crippen LogP contribution in [0.15, 0.2) is 24.5 Å². The number of nitrogens with two attached hydrogens (primary N) is 1. The summed E-state index contributed by atoms with van der Waals surface area (Å²) in [6, 6.07) is 5.66. The zero-order chi connectivity index (χ0) is 13.3. The molecule has 1 heterocycles. The lowest BCUT2D eigenvalue weighted by Gasteiger charge is -2.22. The Bertz CT molecular complexity index is 584. The smallest absolute Gasteiger partial charge is 0.168 e. The van der Waals surface area contributed by atoms with Crippen LogP contribution in [0.1, 0.15) is 30.6 Å². The molecule has 0 spiro atoms. The van der Waals surface area contributed by atoms with E-state index in [2.05, 4.69) is 4.98 Å². The van der Waals surface area contributed by atoms with Gasteiger partial charge < -0.3 is 10.3 Å². The number of rotatable bonds is 4. The van der Waals surface area contributed by atoms with E-state index in [-0.39, 0.29) is 5.78 Å². The number of imidazole rings is 1. The average Bonchev–Trinajstić information content (AvgIpc) is 2.69. The van der Waals surface area contributed by atoms with Crippen LogP contribution in [0.25, 0.3) is 11.0 Å². The summed E-state index contributed by atoms with van der Waals surface area (Å²) in [4.78, 5) is 16.7. The first-order valence-corrected chi connectivity index (χ1v) is 6.11. The Balaban J connectivity index is 2.39. The molecular weight excluding hydrogens is 226 g/mol. The van der Waals surface area contributed by atoms with Crippen molar-refractivity contribution >= 4 is 16.8 Å². The van der Waals surface area contributed by atoms with Crippen molar-refractivity contribution in [2.45, 2.75) is 20.3 Å². The van der Waals surface area contributed by atoms with E-state index in [0.717, 1.165) is 11.0 Å². The molecule has 4 heteroatoms. The Morgan fingerprint density at radius 2 is 2.17 bits per heavy atom. The molecule has 0 aliphatic carbocycles. The van der Waals surface area contributed by atoms with E-state index in [4.69, 9.17) is 5.73 Å². The molecule has 2 N–H and O–H groups in total. The van der Waals surface area contributed by atoms with Crippen molar-refractivity contribution < 1.29 is 4.79 Å². The first-order chi connectivity index (χ1) is 8.45. The highest BCUT2D eigenvalue weighted by atomic mass is 16.1. The van der Waals surface area contributed by atoms with Crippen LogP contribution in [0, 0.1) is 5.41 Å². The Kier molecular flexibility index (Phi) is 3.22. The third-order valence-electron chi connectivity index (χ3n) is 3.37. The number of benzene rings is 1. The molecule has 18 heavy (non-hydrogen) atoms. The van der Waals surface area contributed by atoms with Gasteiger partial charge in [-0.15, -0.1) is 0 Å². The number of ketones is 1. The van der Waals surface area contributed by atoms with Crippen LogP contribution in [0.4, 0.5) is 0 Å². The molecule has 0 saturated carbocycles. The van der Waals surface area contributed by atoms with Gasteiger partial charge >= 0.3 is 0 Å². The van der Waals surface area contributed by atoms with Gasteiger partial charge in [0.15, 0.2) is 5.78 Å². The molecule has 2 aromatic rings. The zero-order valence-electron chi connectivity index (χ0n) is 11.1. The number of carbonyl (C=O) groups excluding carboxylic acids is 1. The quantitative estimate of drug-likeness (QED) is 0.839. The molecule has 0 atom stereocenters. The fourth-order valence-electron chi connectivity index (χ4n) is 2.14. The van der Waals surface area contributed by atoms with Crippen molar-refractivity contribution in [3.63, 3.8) is 0 Å². The molecule has 0 saturated heterocycles. The van der Waals surface area contributed by atoms with Gasteiger partial charge in [-0.3, -0.25) is 4.79 Å². The number of aromatic nitrogens is 2. The zero-order valence-corrected chi connectivity index (χ0v) is 11.1. The van der Waals surface area contributed by atoms with E-state index >= 15 is 0 Å². The summed E-state index contributed by atoms with van der Waals surface area (Å²) in [5.41, 5.74) is 7.73. The minimum Gasteiger partial charge on any atom is -0.334 e. The summed E-state index contributed by atoms with van der Waals surface area (Å²) in [5, 5.41) is 0. The fraction of sp³-hybridized carbons (Fsp3) is 0.429. The molecule has 0 unspecified atom stereocenters. The van der Waals surface area contributed by atoms with Crippen molar-refractivity contribution in [3.05, 3.63) is 30.1 Å². The number of carbonyl (C=O) groups is 1. The molecule has 96 valence electrons. The molecule has 4 nitrogen and oxygen atoms in total. The van der Waals surface area contributed by atoms with Crippen LogP contribution in [0.2, 0.25) is 0 Å². The van der Waals surface area contributed by atoms with E-state index in [1.54, 1.807) is 6.33 Å². The van der Waals surface area contributed by atoms with Crippen LogP contribution in [0.5, 0.6) is 0 Å². The maximum Gasteiger partial charge on any atom is 0.168 e. The average molecular weight is 245 g/mol. The predicted molar refractivity (Wildman–Crippen MR) is 72.5 cm³/mol. The molecule has 1 aromatic heterocycles. The van der Waals surface area contributed by atoms with Gasteiger partial charge in [0.05, 0.1) is 17.4 Å². The number of nitrogens with zero attached hydrogens (tertiary/aromatic N) is 2. The molecule has 0 aliphatic rings. The van der Waals surface area contributed by atoms with Gasteiger partial charge in [-0.25, -0.2) is 4.98 Å². The maximum absolute atomic E-state index is 12.4. The first-order valence-electron chi connectivity index (χ1n) is 6.11. The number of hydrogen-bond acceptors (Lipinski definition) is 3. The molecular formula is C14H19N3O. The number of hydrogen-bond donors (Lipinski definition) is 1. The summed E-state index contributed by atoms with van der Waals surface area (Å²) in [6.45, 7) is 4.39. The minimum atomic E-state index is -0.419. The van der Waals surface area contributed by atoms with Gasteiger partial charge in [-0.2, -0.15) is 0 Å². The first kappa shape index (κ1) is 12.8. The van der Waals surface area contributed by atoms with E-state index in [1.807, 2.05) is 43.7 Å². The standard InChI is InChI=1S/C14H19N3O/c1-14(2,6-7-15)13(18)10-4-5-12-11(8-10)16-9-17(12)3/h4-5,8-9H,6-7,15H2,1-3H3. The lowest BCUT2D eigenvalue weighted by Crippen LogP contribution is -2.27. The maximum atomic E-state index is 12.4. The van der Waals surface area contributed by atoms with E-state index in [0.29, 0.717) is 18.5 Å². The summed E-state index contributed by atoms with van der Waals surface area (Å²) in [5.74, 6) is 0.125. The lowest BCUT2D eigenvalue weighted by molar-refractivity contribution is 0.0829. The van der Waals surface area contributed by atoms with Gasteiger partial charge in [-0.05, 0) is 31.2 Å². The highest BCUT2D eigenvalue weighted by molar-refractivity contribution is 6.02. The topological polar surface area (TPSA) is 60.9 Å². The van der Waals surface area contributed by atoms with Crippen molar-refractivity contribution in [2.24, 2.45) is 18.2 Å². The lowest BCUT2D eigenvalue weighted by atomic mass is 9.81. The van der Waals surface area contributed by atoms with Gasteiger partial charge in [0.1, 0.15) is 0 Å². The third kappa shape index (κ3) is 2.16. The summed E-state index contributed by atoms with van der Waals surface area (Å²) < 4.78 is 1.94. The van der Waals surface area contributed by atoms with Gasteiger partial charge in [-0.1, -0.05) is 13.8 Å². The van der Waals surface area contributed by atoms with Gasteiger partial charge in [0.2, 0.25) is 0 Å². The monoisotopic (exact) mass is 245 g/mol.